The summed E-state index contributed by atoms with van der Waals surface area (Å²) in [5.74, 6) is -1.22. The molecule has 7 heteroatoms. The van der Waals surface area contributed by atoms with E-state index in [4.69, 9.17) is 5.11 Å². The summed E-state index contributed by atoms with van der Waals surface area (Å²) in [6, 6.07) is -0.230. The van der Waals surface area contributed by atoms with E-state index in [9.17, 15) is 13.2 Å². The summed E-state index contributed by atoms with van der Waals surface area (Å²) in [5, 5.41) is 11.7. The second-order valence-electron chi connectivity index (χ2n) is 4.44. The fourth-order valence-corrected chi connectivity index (χ4v) is 3.38. The molecule has 0 amide bonds. The molecule has 1 fully saturated rings. The van der Waals surface area contributed by atoms with E-state index in [1.165, 1.54) is 0 Å². The van der Waals surface area contributed by atoms with Crippen molar-refractivity contribution in [1.29, 1.82) is 0 Å². The van der Waals surface area contributed by atoms with E-state index in [0.29, 0.717) is 19.4 Å². The fourth-order valence-electron chi connectivity index (χ4n) is 2.07. The number of rotatable bonds is 6. The monoisotopic (exact) mass is 264 g/mol. The lowest BCUT2D eigenvalue weighted by Gasteiger charge is -2.27. The van der Waals surface area contributed by atoms with Crippen molar-refractivity contribution in [2.75, 3.05) is 19.3 Å². The molecule has 1 aliphatic carbocycles. The van der Waals surface area contributed by atoms with Crippen LogP contribution in [0.25, 0.3) is 0 Å². The molecule has 0 spiro atoms. The van der Waals surface area contributed by atoms with E-state index in [1.54, 1.807) is 7.05 Å². The SMILES string of the molecule is CNCCS(=O)(=O)NC1CCCC(C(=O)O)C1. The molecule has 3 N–H and O–H groups in total. The van der Waals surface area contributed by atoms with Gasteiger partial charge in [0.25, 0.3) is 0 Å². The van der Waals surface area contributed by atoms with Crippen molar-refractivity contribution in [3.8, 4) is 0 Å². The predicted octanol–water partition coefficient (Wildman–Crippen LogP) is -0.231. The Balaban J connectivity index is 2.48. The van der Waals surface area contributed by atoms with Crippen LogP contribution in [0.1, 0.15) is 25.7 Å². The van der Waals surface area contributed by atoms with E-state index < -0.39 is 21.9 Å². The van der Waals surface area contributed by atoms with Crippen LogP contribution in [0.4, 0.5) is 0 Å². The van der Waals surface area contributed by atoms with Crippen molar-refractivity contribution < 1.29 is 18.3 Å². The third-order valence-electron chi connectivity index (χ3n) is 2.99. The first-order chi connectivity index (χ1) is 7.94. The smallest absolute Gasteiger partial charge is 0.306 e. The van der Waals surface area contributed by atoms with Gasteiger partial charge in [-0.25, -0.2) is 13.1 Å². The van der Waals surface area contributed by atoms with Crippen LogP contribution in [0.5, 0.6) is 0 Å². The minimum absolute atomic E-state index is 0.0255. The maximum atomic E-state index is 11.6. The van der Waals surface area contributed by atoms with E-state index in [1.807, 2.05) is 0 Å². The van der Waals surface area contributed by atoms with Crippen molar-refractivity contribution >= 4 is 16.0 Å². The Morgan fingerprint density at radius 1 is 1.41 bits per heavy atom. The second kappa shape index (κ2) is 6.32. The standard InChI is InChI=1S/C10H20N2O4S/c1-11-5-6-17(15,16)12-9-4-2-3-8(7-9)10(13)14/h8-9,11-12H,2-7H2,1H3,(H,13,14). The van der Waals surface area contributed by atoms with E-state index in [0.717, 1.165) is 12.8 Å². The number of sulfonamides is 1. The Morgan fingerprint density at radius 2 is 2.12 bits per heavy atom. The first-order valence-corrected chi connectivity index (χ1v) is 7.47. The highest BCUT2D eigenvalue weighted by Crippen LogP contribution is 2.24. The van der Waals surface area contributed by atoms with Crippen molar-refractivity contribution in [1.82, 2.24) is 10.0 Å². The van der Waals surface area contributed by atoms with Crippen LogP contribution in [0, 0.1) is 5.92 Å². The highest BCUT2D eigenvalue weighted by Gasteiger charge is 2.29. The first-order valence-electron chi connectivity index (χ1n) is 5.82. The number of nitrogens with one attached hydrogen (secondary N) is 2. The van der Waals surface area contributed by atoms with E-state index in [2.05, 4.69) is 10.0 Å². The molecule has 2 atom stereocenters. The Morgan fingerprint density at radius 3 is 2.71 bits per heavy atom. The molecule has 1 aliphatic rings. The minimum Gasteiger partial charge on any atom is -0.481 e. The summed E-state index contributed by atoms with van der Waals surface area (Å²) in [5.41, 5.74) is 0. The summed E-state index contributed by atoms with van der Waals surface area (Å²) in [6.07, 6.45) is 2.52. The third-order valence-corrected chi connectivity index (χ3v) is 4.42. The van der Waals surface area contributed by atoms with Gasteiger partial charge in [0.2, 0.25) is 10.0 Å². The van der Waals surface area contributed by atoms with Crippen LogP contribution < -0.4 is 10.0 Å². The number of carboxylic acid groups (broad SMARTS) is 1. The van der Waals surface area contributed by atoms with Gasteiger partial charge in [-0.3, -0.25) is 4.79 Å². The molecule has 1 rings (SSSR count). The summed E-state index contributed by atoms with van der Waals surface area (Å²) in [6.45, 7) is 0.393. The lowest BCUT2D eigenvalue weighted by atomic mass is 9.86. The summed E-state index contributed by atoms with van der Waals surface area (Å²) in [7, 11) is -1.61. The van der Waals surface area contributed by atoms with Crippen LogP contribution in [-0.2, 0) is 14.8 Å². The van der Waals surface area contributed by atoms with Gasteiger partial charge in [0, 0.05) is 12.6 Å². The Kier molecular flexibility index (Phi) is 5.35. The quantitative estimate of drug-likeness (QED) is 0.616. The summed E-state index contributed by atoms with van der Waals surface area (Å²) < 4.78 is 25.9. The predicted molar refractivity (Wildman–Crippen MR) is 64.2 cm³/mol. The van der Waals surface area contributed by atoms with Gasteiger partial charge in [0.05, 0.1) is 11.7 Å². The van der Waals surface area contributed by atoms with Gasteiger partial charge in [0.15, 0.2) is 0 Å². The maximum Gasteiger partial charge on any atom is 0.306 e. The van der Waals surface area contributed by atoms with Gasteiger partial charge in [-0.1, -0.05) is 6.42 Å². The second-order valence-corrected chi connectivity index (χ2v) is 6.31. The average molecular weight is 264 g/mol. The molecule has 17 heavy (non-hydrogen) atoms. The maximum absolute atomic E-state index is 11.6. The van der Waals surface area contributed by atoms with Gasteiger partial charge >= 0.3 is 5.97 Å². The van der Waals surface area contributed by atoms with Crippen molar-refractivity contribution in [2.45, 2.75) is 31.7 Å². The van der Waals surface area contributed by atoms with Crippen LogP contribution in [0.2, 0.25) is 0 Å². The molecule has 1 saturated carbocycles. The van der Waals surface area contributed by atoms with Crippen molar-refractivity contribution in [2.24, 2.45) is 5.92 Å². The zero-order chi connectivity index (χ0) is 12.9. The molecule has 0 aromatic heterocycles. The van der Waals surface area contributed by atoms with Crippen LogP contribution in [0.3, 0.4) is 0 Å². The largest absolute Gasteiger partial charge is 0.481 e. The average Bonchev–Trinajstić information content (AvgIpc) is 2.26. The van der Waals surface area contributed by atoms with Crippen LogP contribution in [-0.4, -0.2) is 44.9 Å². The van der Waals surface area contributed by atoms with Gasteiger partial charge in [-0.05, 0) is 26.3 Å². The molecule has 0 heterocycles. The van der Waals surface area contributed by atoms with Crippen molar-refractivity contribution in [3.05, 3.63) is 0 Å². The summed E-state index contributed by atoms with van der Waals surface area (Å²) in [4.78, 5) is 10.9. The fraction of sp³-hybridized carbons (Fsp3) is 0.900. The normalized spacial score (nSPS) is 25.7. The molecule has 2 unspecified atom stereocenters. The van der Waals surface area contributed by atoms with Gasteiger partial charge in [-0.2, -0.15) is 0 Å². The lowest BCUT2D eigenvalue weighted by molar-refractivity contribution is -0.143. The molecule has 0 radical (unpaired) electrons. The molecular weight excluding hydrogens is 244 g/mol. The molecule has 6 nitrogen and oxygen atoms in total. The summed E-state index contributed by atoms with van der Waals surface area (Å²) >= 11 is 0. The number of hydrogen-bond acceptors (Lipinski definition) is 4. The number of hydrogen-bond donors (Lipinski definition) is 3. The molecule has 0 saturated heterocycles. The topological polar surface area (TPSA) is 95.5 Å². The molecule has 0 bridgehead atoms. The Bertz CT molecular complexity index is 355. The van der Waals surface area contributed by atoms with E-state index in [-0.39, 0.29) is 11.8 Å². The molecular formula is C10H20N2O4S. The van der Waals surface area contributed by atoms with Crippen molar-refractivity contribution in [3.63, 3.8) is 0 Å². The minimum atomic E-state index is -3.30. The van der Waals surface area contributed by atoms with E-state index >= 15 is 0 Å². The van der Waals surface area contributed by atoms with Gasteiger partial charge in [-0.15, -0.1) is 0 Å². The molecule has 100 valence electrons. The van der Waals surface area contributed by atoms with Gasteiger partial charge in [0.1, 0.15) is 0 Å². The Hall–Kier alpha value is -0.660. The molecule has 0 aromatic carbocycles. The third kappa shape index (κ3) is 5.01. The lowest BCUT2D eigenvalue weighted by Crippen LogP contribution is -2.42. The highest BCUT2D eigenvalue weighted by atomic mass is 32.2. The number of carbonyl (C=O) groups is 1. The number of aliphatic carboxylic acids is 1. The highest BCUT2D eigenvalue weighted by molar-refractivity contribution is 7.89. The zero-order valence-electron chi connectivity index (χ0n) is 9.98. The molecule has 0 aliphatic heterocycles. The Labute approximate surface area is 102 Å². The first kappa shape index (κ1) is 14.4. The number of carboxylic acids is 1. The zero-order valence-corrected chi connectivity index (χ0v) is 10.8. The van der Waals surface area contributed by atoms with Crippen LogP contribution in [0.15, 0.2) is 0 Å². The van der Waals surface area contributed by atoms with Crippen LogP contribution >= 0.6 is 0 Å². The van der Waals surface area contributed by atoms with Gasteiger partial charge < -0.3 is 10.4 Å². The molecule has 0 aromatic rings.